The van der Waals surface area contributed by atoms with Crippen LogP contribution in [0, 0.1) is 0 Å². The Bertz CT molecular complexity index is 648. The molecule has 2 aromatic rings. The number of ether oxygens (including phenoxy) is 1. The number of hydrogen-bond donors (Lipinski definition) is 1. The van der Waals surface area contributed by atoms with E-state index in [1.807, 2.05) is 29.5 Å². The maximum Gasteiger partial charge on any atom is 0.244 e. The van der Waals surface area contributed by atoms with Gasteiger partial charge in [0, 0.05) is 26.3 Å². The zero-order chi connectivity index (χ0) is 14.8. The van der Waals surface area contributed by atoms with Gasteiger partial charge >= 0.3 is 0 Å². The molecule has 1 aliphatic heterocycles. The second-order valence-corrected chi connectivity index (χ2v) is 5.19. The summed E-state index contributed by atoms with van der Waals surface area (Å²) in [4.78, 5) is 22.9. The molecule has 0 aromatic carbocycles. The number of rotatable bonds is 3. The average Bonchev–Trinajstić information content (AvgIpc) is 2.90. The molecule has 1 aliphatic rings. The number of imidazole rings is 1. The molecule has 1 saturated heterocycles. The molecule has 7 nitrogen and oxygen atoms in total. The van der Waals surface area contributed by atoms with Crippen LogP contribution in [-0.4, -0.2) is 57.7 Å². The Kier molecular flexibility index (Phi) is 3.74. The topological polar surface area (TPSA) is 72.3 Å². The van der Waals surface area contributed by atoms with E-state index in [0.717, 1.165) is 11.0 Å². The van der Waals surface area contributed by atoms with Crippen molar-refractivity contribution in [2.45, 2.75) is 13.0 Å². The summed E-state index contributed by atoms with van der Waals surface area (Å²) in [6, 6.07) is 1.56. The molecule has 1 amide bonds. The second kappa shape index (κ2) is 5.69. The number of carbonyl (C=O) groups excluding carboxylic acids is 1. The lowest BCUT2D eigenvalue weighted by Gasteiger charge is -2.29. The Morgan fingerprint density at radius 2 is 2.14 bits per heavy atom. The third-order valence-electron chi connectivity index (χ3n) is 3.69. The highest BCUT2D eigenvalue weighted by molar-refractivity contribution is 5.90. The zero-order valence-electron chi connectivity index (χ0n) is 12.2. The largest absolute Gasteiger partial charge is 0.378 e. The van der Waals surface area contributed by atoms with Gasteiger partial charge in [0.05, 0.1) is 25.1 Å². The lowest BCUT2D eigenvalue weighted by atomic mass is 10.2. The van der Waals surface area contributed by atoms with Gasteiger partial charge in [0.2, 0.25) is 5.91 Å². The van der Waals surface area contributed by atoms with Gasteiger partial charge in [-0.25, -0.2) is 9.97 Å². The first-order chi connectivity index (χ1) is 10.2. The molecule has 112 valence electrons. The lowest BCUT2D eigenvalue weighted by Crippen LogP contribution is -2.47. The Hall–Kier alpha value is -2.15. The van der Waals surface area contributed by atoms with Gasteiger partial charge in [-0.05, 0) is 13.0 Å². The molecule has 3 rings (SSSR count). The van der Waals surface area contributed by atoms with Crippen molar-refractivity contribution in [2.24, 2.45) is 7.05 Å². The van der Waals surface area contributed by atoms with E-state index >= 15 is 0 Å². The van der Waals surface area contributed by atoms with Gasteiger partial charge in [0.1, 0.15) is 11.6 Å². The van der Waals surface area contributed by atoms with E-state index in [2.05, 4.69) is 15.3 Å². The van der Waals surface area contributed by atoms with Crippen LogP contribution in [0.5, 0.6) is 0 Å². The minimum absolute atomic E-state index is 0.0630. The summed E-state index contributed by atoms with van der Waals surface area (Å²) in [6.07, 6.45) is 3.46. The number of aromatic nitrogens is 3. The third kappa shape index (κ3) is 2.69. The van der Waals surface area contributed by atoms with Crippen molar-refractivity contribution in [3.63, 3.8) is 0 Å². The molecule has 1 fully saturated rings. The number of carbonyl (C=O) groups is 1. The molecule has 0 aliphatic carbocycles. The summed E-state index contributed by atoms with van der Waals surface area (Å²) in [5, 5.41) is 3.18. The third-order valence-corrected chi connectivity index (χ3v) is 3.69. The molecule has 0 saturated carbocycles. The van der Waals surface area contributed by atoms with Gasteiger partial charge in [0.15, 0.2) is 5.82 Å². The second-order valence-electron chi connectivity index (χ2n) is 5.19. The molecule has 3 heterocycles. The highest BCUT2D eigenvalue weighted by Crippen LogP contribution is 2.19. The Labute approximate surface area is 122 Å². The first kappa shape index (κ1) is 13.8. The van der Waals surface area contributed by atoms with E-state index < -0.39 is 0 Å². The van der Waals surface area contributed by atoms with E-state index in [9.17, 15) is 4.79 Å². The van der Waals surface area contributed by atoms with Crippen molar-refractivity contribution in [1.29, 1.82) is 0 Å². The summed E-state index contributed by atoms with van der Waals surface area (Å²) >= 11 is 0. The van der Waals surface area contributed by atoms with Crippen molar-refractivity contribution in [1.82, 2.24) is 19.4 Å². The molecule has 0 radical (unpaired) electrons. The zero-order valence-corrected chi connectivity index (χ0v) is 12.2. The number of hydrogen-bond acceptors (Lipinski definition) is 5. The number of fused-ring (bicyclic) bond motifs is 1. The fraction of sp³-hybridized carbons (Fsp3) is 0.500. The molecule has 7 heteroatoms. The number of aryl methyl sites for hydroxylation is 1. The van der Waals surface area contributed by atoms with E-state index in [1.54, 1.807) is 12.5 Å². The molecular formula is C14H19N5O2. The Morgan fingerprint density at radius 1 is 1.38 bits per heavy atom. The molecular weight excluding hydrogens is 270 g/mol. The van der Waals surface area contributed by atoms with Crippen molar-refractivity contribution < 1.29 is 9.53 Å². The molecule has 2 aromatic heterocycles. The van der Waals surface area contributed by atoms with Crippen LogP contribution < -0.4 is 5.32 Å². The average molecular weight is 289 g/mol. The number of amides is 1. The molecule has 0 bridgehead atoms. The maximum absolute atomic E-state index is 12.4. The van der Waals surface area contributed by atoms with Gasteiger partial charge in [-0.2, -0.15) is 0 Å². The van der Waals surface area contributed by atoms with Crippen molar-refractivity contribution in [3.05, 3.63) is 18.6 Å². The normalized spacial score (nSPS) is 17.0. The fourth-order valence-corrected chi connectivity index (χ4v) is 2.49. The monoisotopic (exact) mass is 289 g/mol. The minimum atomic E-state index is -0.344. The summed E-state index contributed by atoms with van der Waals surface area (Å²) in [6.45, 7) is 4.35. The van der Waals surface area contributed by atoms with Crippen LogP contribution in [-0.2, 0) is 16.6 Å². The number of anilines is 1. The summed E-state index contributed by atoms with van der Waals surface area (Å²) in [5.41, 5.74) is 1.76. The number of pyridine rings is 1. The van der Waals surface area contributed by atoms with Crippen LogP contribution in [0.2, 0.25) is 0 Å². The van der Waals surface area contributed by atoms with Gasteiger partial charge in [-0.15, -0.1) is 0 Å². The van der Waals surface area contributed by atoms with Crippen molar-refractivity contribution in [3.8, 4) is 0 Å². The van der Waals surface area contributed by atoms with E-state index in [-0.39, 0.29) is 11.9 Å². The standard InChI is InChI=1S/C14H19N5O2/c1-10(14(20)19-5-7-21-8-6-19)17-13-12-11(3-4-15-13)18(2)9-16-12/h3-4,9-10H,5-8H2,1-2H3,(H,15,17). The Balaban J connectivity index is 1.76. The van der Waals surface area contributed by atoms with Gasteiger partial charge in [0.25, 0.3) is 0 Å². The van der Waals surface area contributed by atoms with Crippen molar-refractivity contribution >= 4 is 22.8 Å². The van der Waals surface area contributed by atoms with E-state index in [4.69, 9.17) is 4.74 Å². The number of morpholine rings is 1. The molecule has 0 spiro atoms. The van der Waals surface area contributed by atoms with E-state index in [0.29, 0.717) is 32.1 Å². The molecule has 21 heavy (non-hydrogen) atoms. The highest BCUT2D eigenvalue weighted by atomic mass is 16.5. The smallest absolute Gasteiger partial charge is 0.244 e. The quantitative estimate of drug-likeness (QED) is 0.897. The highest BCUT2D eigenvalue weighted by Gasteiger charge is 2.23. The summed E-state index contributed by atoms with van der Waals surface area (Å²) in [5.74, 6) is 0.704. The lowest BCUT2D eigenvalue weighted by molar-refractivity contribution is -0.135. The maximum atomic E-state index is 12.4. The number of nitrogens with one attached hydrogen (secondary N) is 1. The van der Waals surface area contributed by atoms with Crippen LogP contribution in [0.25, 0.3) is 11.0 Å². The minimum Gasteiger partial charge on any atom is -0.378 e. The van der Waals surface area contributed by atoms with Crippen LogP contribution in [0.1, 0.15) is 6.92 Å². The Morgan fingerprint density at radius 3 is 2.90 bits per heavy atom. The SMILES string of the molecule is CC(Nc1nccc2c1ncn2C)C(=O)N1CCOCC1. The summed E-state index contributed by atoms with van der Waals surface area (Å²) in [7, 11) is 1.93. The first-order valence-electron chi connectivity index (χ1n) is 7.06. The first-order valence-corrected chi connectivity index (χ1v) is 7.06. The van der Waals surface area contributed by atoms with E-state index in [1.165, 1.54) is 0 Å². The number of nitrogens with zero attached hydrogens (tertiary/aromatic N) is 4. The van der Waals surface area contributed by atoms with Gasteiger partial charge in [-0.3, -0.25) is 4.79 Å². The van der Waals surface area contributed by atoms with Crippen molar-refractivity contribution in [2.75, 3.05) is 31.6 Å². The summed E-state index contributed by atoms with van der Waals surface area (Å²) < 4.78 is 7.20. The molecule has 1 unspecified atom stereocenters. The van der Waals surface area contributed by atoms with Gasteiger partial charge < -0.3 is 19.5 Å². The van der Waals surface area contributed by atoms with Crippen LogP contribution in [0.3, 0.4) is 0 Å². The van der Waals surface area contributed by atoms with Crippen LogP contribution >= 0.6 is 0 Å². The predicted octanol–water partition coefficient (Wildman–Crippen LogP) is 0.627. The van der Waals surface area contributed by atoms with Gasteiger partial charge in [-0.1, -0.05) is 0 Å². The van der Waals surface area contributed by atoms with Crippen LogP contribution in [0.4, 0.5) is 5.82 Å². The van der Waals surface area contributed by atoms with Crippen LogP contribution in [0.15, 0.2) is 18.6 Å². The predicted molar refractivity (Wildman–Crippen MR) is 79.0 cm³/mol. The molecule has 1 atom stereocenters. The molecule has 1 N–H and O–H groups in total. The fourth-order valence-electron chi connectivity index (χ4n) is 2.49.